The molecule has 1 N–H and O–H groups in total. The van der Waals surface area contributed by atoms with Gasteiger partial charge in [0, 0.05) is 0 Å². The zero-order valence-electron chi connectivity index (χ0n) is 12.2. The predicted octanol–water partition coefficient (Wildman–Crippen LogP) is 3.66. The molecule has 3 rings (SSSR count). The number of rotatable bonds is 4. The van der Waals surface area contributed by atoms with E-state index in [9.17, 15) is 4.79 Å². The van der Waals surface area contributed by atoms with Crippen LogP contribution in [0.2, 0.25) is 5.15 Å². The van der Waals surface area contributed by atoms with Crippen LogP contribution < -0.4 is 5.43 Å². The SMILES string of the molecule is Cc1nn(-c2ccccc2)c(Cl)c1/C=N/NC(=O)c1cccs1. The lowest BCUT2D eigenvalue weighted by molar-refractivity contribution is 0.0959. The molecular weight excluding hydrogens is 332 g/mol. The number of para-hydroxylation sites is 1. The average Bonchev–Trinajstić information content (AvgIpc) is 3.19. The predicted molar refractivity (Wildman–Crippen MR) is 92.7 cm³/mol. The molecule has 5 nitrogen and oxygen atoms in total. The van der Waals surface area contributed by atoms with E-state index in [2.05, 4.69) is 15.6 Å². The Morgan fingerprint density at radius 2 is 2.09 bits per heavy atom. The number of aromatic nitrogens is 2. The fraction of sp³-hybridized carbons (Fsp3) is 0.0625. The number of thiophene rings is 1. The second-order valence-corrected chi connectivity index (χ2v) is 6.02. The molecule has 0 atom stereocenters. The molecule has 23 heavy (non-hydrogen) atoms. The highest BCUT2D eigenvalue weighted by Crippen LogP contribution is 2.21. The summed E-state index contributed by atoms with van der Waals surface area (Å²) in [6, 6.07) is 13.1. The molecule has 3 aromatic rings. The van der Waals surface area contributed by atoms with Crippen LogP contribution in [0.15, 0.2) is 52.9 Å². The molecule has 0 radical (unpaired) electrons. The van der Waals surface area contributed by atoms with Crippen molar-refractivity contribution in [3.63, 3.8) is 0 Å². The lowest BCUT2D eigenvalue weighted by Crippen LogP contribution is -2.16. The molecule has 1 aromatic carbocycles. The number of carbonyl (C=O) groups excluding carboxylic acids is 1. The number of benzene rings is 1. The lowest BCUT2D eigenvalue weighted by atomic mass is 10.3. The van der Waals surface area contributed by atoms with E-state index >= 15 is 0 Å². The van der Waals surface area contributed by atoms with Crippen LogP contribution in [0.4, 0.5) is 0 Å². The molecule has 0 aliphatic rings. The number of aryl methyl sites for hydroxylation is 1. The summed E-state index contributed by atoms with van der Waals surface area (Å²) in [4.78, 5) is 12.4. The third kappa shape index (κ3) is 3.33. The minimum atomic E-state index is -0.250. The Hall–Kier alpha value is -2.44. The summed E-state index contributed by atoms with van der Waals surface area (Å²) in [6.45, 7) is 1.84. The van der Waals surface area contributed by atoms with Gasteiger partial charge in [-0.1, -0.05) is 35.9 Å². The first kappa shape index (κ1) is 15.5. The van der Waals surface area contributed by atoms with E-state index in [0.29, 0.717) is 15.6 Å². The van der Waals surface area contributed by atoms with E-state index in [1.54, 1.807) is 10.7 Å². The van der Waals surface area contributed by atoms with Crippen molar-refractivity contribution in [1.29, 1.82) is 0 Å². The zero-order valence-corrected chi connectivity index (χ0v) is 13.8. The maximum Gasteiger partial charge on any atom is 0.281 e. The van der Waals surface area contributed by atoms with Crippen LogP contribution in [-0.2, 0) is 0 Å². The van der Waals surface area contributed by atoms with Crippen molar-refractivity contribution < 1.29 is 4.79 Å². The van der Waals surface area contributed by atoms with Crippen LogP contribution in [0.1, 0.15) is 20.9 Å². The highest BCUT2D eigenvalue weighted by Gasteiger charge is 2.13. The van der Waals surface area contributed by atoms with Gasteiger partial charge in [-0.2, -0.15) is 10.2 Å². The van der Waals surface area contributed by atoms with Crippen molar-refractivity contribution in [2.45, 2.75) is 6.92 Å². The number of amides is 1. The molecule has 7 heteroatoms. The Morgan fingerprint density at radius 1 is 1.30 bits per heavy atom. The molecule has 0 unspecified atom stereocenters. The number of hydrogen-bond acceptors (Lipinski definition) is 4. The molecule has 2 heterocycles. The van der Waals surface area contributed by atoms with Gasteiger partial charge < -0.3 is 0 Å². The molecule has 0 saturated carbocycles. The minimum Gasteiger partial charge on any atom is -0.266 e. The Morgan fingerprint density at radius 3 is 2.78 bits per heavy atom. The molecule has 0 saturated heterocycles. The van der Waals surface area contributed by atoms with Crippen LogP contribution >= 0.6 is 22.9 Å². The van der Waals surface area contributed by atoms with Crippen LogP contribution in [0, 0.1) is 6.92 Å². The third-order valence-electron chi connectivity index (χ3n) is 3.15. The van der Waals surface area contributed by atoms with Crippen molar-refractivity contribution in [1.82, 2.24) is 15.2 Å². The summed E-state index contributed by atoms with van der Waals surface area (Å²) >= 11 is 7.73. The Balaban J connectivity index is 1.80. The number of halogens is 1. The first-order valence-corrected chi connectivity index (χ1v) is 8.10. The maximum absolute atomic E-state index is 11.8. The van der Waals surface area contributed by atoms with Crippen LogP contribution in [-0.4, -0.2) is 21.9 Å². The van der Waals surface area contributed by atoms with Gasteiger partial charge in [-0.15, -0.1) is 11.3 Å². The Labute approximate surface area is 142 Å². The molecular formula is C16H13ClN4OS. The fourth-order valence-corrected chi connectivity index (χ4v) is 2.95. The second-order valence-electron chi connectivity index (χ2n) is 4.71. The summed E-state index contributed by atoms with van der Waals surface area (Å²) in [5, 5.41) is 10.7. The average molecular weight is 345 g/mol. The van der Waals surface area contributed by atoms with E-state index in [1.165, 1.54) is 17.6 Å². The molecule has 0 aliphatic heterocycles. The molecule has 0 fully saturated rings. The number of hydrazone groups is 1. The largest absolute Gasteiger partial charge is 0.281 e. The van der Waals surface area contributed by atoms with Gasteiger partial charge in [0.1, 0.15) is 5.15 Å². The van der Waals surface area contributed by atoms with Crippen LogP contribution in [0.3, 0.4) is 0 Å². The summed E-state index contributed by atoms with van der Waals surface area (Å²) in [5.74, 6) is -0.250. The smallest absolute Gasteiger partial charge is 0.266 e. The number of carbonyl (C=O) groups is 1. The van der Waals surface area contributed by atoms with E-state index in [-0.39, 0.29) is 5.91 Å². The molecule has 0 bridgehead atoms. The topological polar surface area (TPSA) is 59.3 Å². The van der Waals surface area contributed by atoms with Gasteiger partial charge in [-0.05, 0) is 30.5 Å². The standard InChI is InChI=1S/C16H13ClN4OS/c1-11-13(10-18-19-16(22)14-8-5-9-23-14)15(17)21(20-11)12-6-3-2-4-7-12/h2-10H,1H3,(H,19,22)/b18-10+. The summed E-state index contributed by atoms with van der Waals surface area (Å²) in [6.07, 6.45) is 1.51. The highest BCUT2D eigenvalue weighted by atomic mass is 35.5. The van der Waals surface area contributed by atoms with Crippen molar-refractivity contribution in [2.24, 2.45) is 5.10 Å². The fourth-order valence-electron chi connectivity index (χ4n) is 2.02. The van der Waals surface area contributed by atoms with Gasteiger partial charge in [0.05, 0.1) is 28.0 Å². The van der Waals surface area contributed by atoms with Gasteiger partial charge >= 0.3 is 0 Å². The monoisotopic (exact) mass is 344 g/mol. The third-order valence-corrected chi connectivity index (χ3v) is 4.39. The van der Waals surface area contributed by atoms with Gasteiger partial charge in [0.2, 0.25) is 0 Å². The normalized spacial score (nSPS) is 11.0. The molecule has 0 spiro atoms. The van der Waals surface area contributed by atoms with Crippen LogP contribution in [0.5, 0.6) is 0 Å². The van der Waals surface area contributed by atoms with E-state index in [0.717, 1.165) is 11.4 Å². The minimum absolute atomic E-state index is 0.250. The second kappa shape index (κ2) is 6.76. The molecule has 2 aromatic heterocycles. The molecule has 116 valence electrons. The first-order chi connectivity index (χ1) is 11.2. The van der Waals surface area contributed by atoms with Crippen molar-refractivity contribution in [3.8, 4) is 5.69 Å². The molecule has 1 amide bonds. The van der Waals surface area contributed by atoms with Gasteiger partial charge in [0.25, 0.3) is 5.91 Å². The lowest BCUT2D eigenvalue weighted by Gasteiger charge is -2.01. The van der Waals surface area contributed by atoms with Crippen molar-refractivity contribution >= 4 is 35.1 Å². The Bertz CT molecular complexity index is 841. The van der Waals surface area contributed by atoms with Gasteiger partial charge in [-0.25, -0.2) is 10.1 Å². The molecule has 0 aliphatic carbocycles. The summed E-state index contributed by atoms with van der Waals surface area (Å²) in [7, 11) is 0. The van der Waals surface area contributed by atoms with Gasteiger partial charge in [-0.3, -0.25) is 4.79 Å². The zero-order chi connectivity index (χ0) is 16.2. The Kier molecular flexibility index (Phi) is 4.55. The highest BCUT2D eigenvalue weighted by molar-refractivity contribution is 7.12. The quantitative estimate of drug-likeness (QED) is 0.580. The van der Waals surface area contributed by atoms with E-state index < -0.39 is 0 Å². The number of nitrogens with one attached hydrogen (secondary N) is 1. The summed E-state index contributed by atoms with van der Waals surface area (Å²) < 4.78 is 1.64. The maximum atomic E-state index is 11.8. The van der Waals surface area contributed by atoms with E-state index in [4.69, 9.17) is 11.6 Å². The summed E-state index contributed by atoms with van der Waals surface area (Å²) in [5.41, 5.74) is 4.74. The van der Waals surface area contributed by atoms with Gasteiger partial charge in [0.15, 0.2) is 0 Å². The van der Waals surface area contributed by atoms with Crippen LogP contribution in [0.25, 0.3) is 5.69 Å². The van der Waals surface area contributed by atoms with E-state index in [1.807, 2.05) is 48.7 Å². The van der Waals surface area contributed by atoms with Crippen molar-refractivity contribution in [3.05, 3.63) is 69.1 Å². The number of hydrogen-bond donors (Lipinski definition) is 1. The van der Waals surface area contributed by atoms with Crippen molar-refractivity contribution in [2.75, 3.05) is 0 Å². The first-order valence-electron chi connectivity index (χ1n) is 6.84. The number of nitrogens with zero attached hydrogens (tertiary/aromatic N) is 3.